The number of phenolic OH excluding ortho intramolecular Hbond substituents is 1. The van der Waals surface area contributed by atoms with Crippen LogP contribution < -0.4 is 15.1 Å². The molecule has 0 spiro atoms. The summed E-state index contributed by atoms with van der Waals surface area (Å²) in [6.07, 6.45) is 0. The van der Waals surface area contributed by atoms with E-state index in [2.05, 4.69) is 4.90 Å². The van der Waals surface area contributed by atoms with Crippen LogP contribution in [0.4, 0.5) is 0 Å². The Morgan fingerprint density at radius 3 is 2.41 bits per heavy atom. The number of nitrogens with zero attached hydrogens (tertiary/aromatic N) is 1. The first-order valence-corrected chi connectivity index (χ1v) is 10.5. The molecule has 1 aliphatic heterocycles. The van der Waals surface area contributed by atoms with E-state index in [0.29, 0.717) is 79.8 Å². The van der Waals surface area contributed by atoms with Crippen LogP contribution in [-0.4, -0.2) is 63.7 Å². The summed E-state index contributed by atoms with van der Waals surface area (Å²) in [6.45, 7) is 3.73. The molecule has 0 radical (unpaired) electrons. The van der Waals surface area contributed by atoms with Gasteiger partial charge in [0.2, 0.25) is 0 Å². The van der Waals surface area contributed by atoms with Crippen molar-refractivity contribution in [2.75, 3.05) is 53.7 Å². The zero-order valence-electron chi connectivity index (χ0n) is 18.3. The molecule has 0 amide bonds. The van der Waals surface area contributed by atoms with E-state index in [4.69, 9.17) is 23.4 Å². The molecule has 1 aliphatic rings. The van der Waals surface area contributed by atoms with Crippen LogP contribution in [0.25, 0.3) is 22.1 Å². The lowest BCUT2D eigenvalue weighted by Crippen LogP contribution is -2.30. The molecule has 0 aliphatic carbocycles. The van der Waals surface area contributed by atoms with E-state index in [1.165, 1.54) is 0 Å². The molecule has 170 valence electrons. The summed E-state index contributed by atoms with van der Waals surface area (Å²) in [5.74, 6) is 1.34. The molecule has 0 saturated carbocycles. The van der Waals surface area contributed by atoms with Crippen LogP contribution in [0.3, 0.4) is 0 Å². The van der Waals surface area contributed by atoms with Gasteiger partial charge < -0.3 is 28.5 Å². The molecule has 3 aromatic rings. The molecule has 1 aromatic heterocycles. The SMILES string of the molecule is COCCN(CCOC)Cc1c(O)ccc2cc(-c3ccc4c(c3)OCCO4)c(=O)oc12. The van der Waals surface area contributed by atoms with Gasteiger partial charge in [0, 0.05) is 39.2 Å². The first-order valence-electron chi connectivity index (χ1n) is 10.5. The van der Waals surface area contributed by atoms with Crippen LogP contribution in [0.5, 0.6) is 17.2 Å². The quantitative estimate of drug-likeness (QED) is 0.507. The Balaban J connectivity index is 1.71. The Hall–Kier alpha value is -3.07. The maximum absolute atomic E-state index is 12.9. The van der Waals surface area contributed by atoms with Crippen molar-refractivity contribution in [3.8, 4) is 28.4 Å². The van der Waals surface area contributed by atoms with Crippen molar-refractivity contribution in [2.45, 2.75) is 6.54 Å². The highest BCUT2D eigenvalue weighted by Crippen LogP contribution is 2.35. The predicted octanol–water partition coefficient (Wildman–Crippen LogP) is 3.03. The minimum atomic E-state index is -0.485. The predicted molar refractivity (Wildman–Crippen MR) is 120 cm³/mol. The molecule has 8 nitrogen and oxygen atoms in total. The molecule has 2 heterocycles. The number of hydrogen-bond donors (Lipinski definition) is 1. The van der Waals surface area contributed by atoms with Crippen LogP contribution in [0.1, 0.15) is 5.56 Å². The van der Waals surface area contributed by atoms with Gasteiger partial charge in [-0.3, -0.25) is 4.90 Å². The van der Waals surface area contributed by atoms with Gasteiger partial charge in [-0.15, -0.1) is 0 Å². The summed E-state index contributed by atoms with van der Waals surface area (Å²) in [6, 6.07) is 10.5. The summed E-state index contributed by atoms with van der Waals surface area (Å²) in [5.41, 5.74) is 1.54. The summed E-state index contributed by atoms with van der Waals surface area (Å²) < 4.78 is 27.3. The van der Waals surface area contributed by atoms with E-state index in [1.807, 2.05) is 6.07 Å². The molecular formula is C24H27NO7. The highest BCUT2D eigenvalue weighted by molar-refractivity contribution is 5.86. The second-order valence-electron chi connectivity index (χ2n) is 7.55. The van der Waals surface area contributed by atoms with Gasteiger partial charge >= 0.3 is 5.63 Å². The van der Waals surface area contributed by atoms with Crippen molar-refractivity contribution in [3.05, 3.63) is 52.4 Å². The number of methoxy groups -OCH3 is 2. The molecule has 8 heteroatoms. The van der Waals surface area contributed by atoms with Crippen molar-refractivity contribution in [2.24, 2.45) is 0 Å². The molecular weight excluding hydrogens is 414 g/mol. The highest BCUT2D eigenvalue weighted by Gasteiger charge is 2.18. The van der Waals surface area contributed by atoms with Crippen LogP contribution >= 0.6 is 0 Å². The van der Waals surface area contributed by atoms with Crippen LogP contribution in [0, 0.1) is 0 Å². The molecule has 2 aromatic carbocycles. The largest absolute Gasteiger partial charge is 0.507 e. The lowest BCUT2D eigenvalue weighted by atomic mass is 10.0. The Morgan fingerprint density at radius 1 is 0.969 bits per heavy atom. The number of hydrogen-bond acceptors (Lipinski definition) is 8. The number of fused-ring (bicyclic) bond motifs is 2. The fourth-order valence-corrected chi connectivity index (χ4v) is 3.73. The Kier molecular flexibility index (Phi) is 6.94. The normalized spacial score (nSPS) is 13.1. The molecule has 32 heavy (non-hydrogen) atoms. The van der Waals surface area contributed by atoms with Gasteiger partial charge in [0.1, 0.15) is 24.5 Å². The van der Waals surface area contributed by atoms with Crippen molar-refractivity contribution in [1.82, 2.24) is 4.90 Å². The Morgan fingerprint density at radius 2 is 1.69 bits per heavy atom. The van der Waals surface area contributed by atoms with E-state index in [9.17, 15) is 9.90 Å². The Labute approximate surface area is 185 Å². The van der Waals surface area contributed by atoms with Gasteiger partial charge in [-0.25, -0.2) is 4.79 Å². The third-order valence-electron chi connectivity index (χ3n) is 5.44. The fraction of sp³-hybridized carbons (Fsp3) is 0.375. The summed E-state index contributed by atoms with van der Waals surface area (Å²) in [4.78, 5) is 15.0. The minimum absolute atomic E-state index is 0.0764. The van der Waals surface area contributed by atoms with Crippen LogP contribution in [0.2, 0.25) is 0 Å². The van der Waals surface area contributed by atoms with Gasteiger partial charge in [-0.1, -0.05) is 6.07 Å². The van der Waals surface area contributed by atoms with Gasteiger partial charge in [0.25, 0.3) is 0 Å². The van der Waals surface area contributed by atoms with E-state index >= 15 is 0 Å². The average Bonchev–Trinajstić information content (AvgIpc) is 2.81. The number of rotatable bonds is 9. The first-order chi connectivity index (χ1) is 15.6. The molecule has 0 atom stereocenters. The summed E-state index contributed by atoms with van der Waals surface area (Å²) in [7, 11) is 3.28. The fourth-order valence-electron chi connectivity index (χ4n) is 3.73. The number of aromatic hydroxyl groups is 1. The molecule has 0 saturated heterocycles. The number of ether oxygens (including phenoxy) is 4. The minimum Gasteiger partial charge on any atom is -0.507 e. The summed E-state index contributed by atoms with van der Waals surface area (Å²) >= 11 is 0. The number of phenols is 1. The van der Waals surface area contributed by atoms with E-state index < -0.39 is 5.63 Å². The summed E-state index contributed by atoms with van der Waals surface area (Å²) in [5, 5.41) is 11.3. The zero-order chi connectivity index (χ0) is 22.5. The second-order valence-corrected chi connectivity index (χ2v) is 7.55. The average molecular weight is 441 g/mol. The molecule has 0 unspecified atom stereocenters. The second kappa shape index (κ2) is 10.0. The van der Waals surface area contributed by atoms with E-state index in [1.54, 1.807) is 44.6 Å². The van der Waals surface area contributed by atoms with Gasteiger partial charge in [-0.2, -0.15) is 0 Å². The van der Waals surface area contributed by atoms with E-state index in [-0.39, 0.29) is 5.75 Å². The van der Waals surface area contributed by atoms with Crippen LogP contribution in [-0.2, 0) is 16.0 Å². The zero-order valence-corrected chi connectivity index (χ0v) is 18.3. The standard InChI is InChI=1S/C24H27NO7/c1-28-9-7-25(8-10-29-2)15-19-20(26)5-3-17-13-18(24(27)32-23(17)19)16-4-6-21-22(14-16)31-12-11-30-21/h3-6,13-14,26H,7-12,15H2,1-2H3. The molecule has 0 fully saturated rings. The molecule has 0 bridgehead atoms. The van der Waals surface area contributed by atoms with Gasteiger partial charge in [0.15, 0.2) is 11.5 Å². The maximum atomic E-state index is 12.9. The third-order valence-corrected chi connectivity index (χ3v) is 5.44. The highest BCUT2D eigenvalue weighted by atomic mass is 16.6. The van der Waals surface area contributed by atoms with Crippen molar-refractivity contribution < 1.29 is 28.5 Å². The lowest BCUT2D eigenvalue weighted by Gasteiger charge is -2.22. The topological polar surface area (TPSA) is 90.6 Å². The first kappa shape index (κ1) is 22.1. The van der Waals surface area contributed by atoms with Crippen LogP contribution in [0.15, 0.2) is 45.6 Å². The third kappa shape index (κ3) is 4.72. The van der Waals surface area contributed by atoms with Gasteiger partial charge in [-0.05, 0) is 35.9 Å². The number of benzene rings is 2. The van der Waals surface area contributed by atoms with Crippen molar-refractivity contribution >= 4 is 11.0 Å². The van der Waals surface area contributed by atoms with Crippen molar-refractivity contribution in [3.63, 3.8) is 0 Å². The smallest absolute Gasteiger partial charge is 0.344 e. The lowest BCUT2D eigenvalue weighted by molar-refractivity contribution is 0.110. The van der Waals surface area contributed by atoms with Gasteiger partial charge in [0.05, 0.1) is 24.3 Å². The molecule has 4 rings (SSSR count). The van der Waals surface area contributed by atoms with E-state index in [0.717, 1.165) is 5.39 Å². The maximum Gasteiger partial charge on any atom is 0.344 e. The monoisotopic (exact) mass is 441 g/mol. The van der Waals surface area contributed by atoms with Crippen molar-refractivity contribution in [1.29, 1.82) is 0 Å². The Bertz CT molecular complexity index is 1130. The molecule has 1 N–H and O–H groups in total.